The molecule has 0 aromatic heterocycles. The van der Waals surface area contributed by atoms with Gasteiger partial charge in [-0.25, -0.2) is 6.57 Å². The lowest BCUT2D eigenvalue weighted by atomic mass is 10.0. The van der Waals surface area contributed by atoms with Gasteiger partial charge in [-0.3, -0.25) is 4.67 Å². The van der Waals surface area contributed by atoms with E-state index in [0.29, 0.717) is 24.0 Å². The zero-order valence-electron chi connectivity index (χ0n) is 13.0. The summed E-state index contributed by atoms with van der Waals surface area (Å²) < 4.78 is 2.65. The highest BCUT2D eigenvalue weighted by molar-refractivity contribution is 8.55. The average molecular weight is 288 g/mol. The van der Waals surface area contributed by atoms with E-state index in [1.165, 1.54) is 6.16 Å². The van der Waals surface area contributed by atoms with Gasteiger partial charge in [0.2, 0.25) is 6.54 Å². The van der Waals surface area contributed by atoms with Crippen molar-refractivity contribution in [1.82, 2.24) is 4.67 Å². The number of rotatable bonds is 7. The molecule has 0 saturated heterocycles. The molecular weight excluding hydrogens is 259 g/mol. The molecule has 0 aromatic carbocycles. The first kappa shape index (κ1) is 18.2. The van der Waals surface area contributed by atoms with Crippen LogP contribution < -0.4 is 0 Å². The summed E-state index contributed by atoms with van der Waals surface area (Å²) in [5.41, 5.74) is 0.360. The predicted molar refractivity (Wildman–Crippen MR) is 87.3 cm³/mol. The van der Waals surface area contributed by atoms with Crippen LogP contribution in [0.3, 0.4) is 0 Å². The van der Waals surface area contributed by atoms with E-state index in [-0.39, 0.29) is 7.27 Å². The largest absolute Gasteiger partial charge is 0.316 e. The van der Waals surface area contributed by atoms with Crippen LogP contribution in [0.2, 0.25) is 0 Å². The van der Waals surface area contributed by atoms with E-state index < -0.39 is 0 Å². The summed E-state index contributed by atoms with van der Waals surface area (Å²) >= 11 is 2.01. The second-order valence-corrected chi connectivity index (χ2v) is 10.5. The topological polar surface area (TPSA) is 7.60 Å². The molecule has 0 amide bonds. The molecule has 0 aromatic rings. The summed E-state index contributed by atoms with van der Waals surface area (Å²) in [6, 6.07) is 1.16. The molecule has 0 fully saturated rings. The monoisotopic (exact) mass is 288 g/mol. The molecule has 0 heterocycles. The lowest BCUT2D eigenvalue weighted by Gasteiger charge is -2.40. The Labute approximate surface area is 119 Å². The predicted octanol–water partition coefficient (Wildman–Crippen LogP) is 5.12. The van der Waals surface area contributed by atoms with E-state index in [2.05, 4.69) is 58.0 Å². The van der Waals surface area contributed by atoms with Crippen LogP contribution in [-0.4, -0.2) is 35.2 Å². The van der Waals surface area contributed by atoms with E-state index in [4.69, 9.17) is 6.57 Å². The molecule has 0 bridgehead atoms. The van der Waals surface area contributed by atoms with Crippen molar-refractivity contribution < 1.29 is 0 Å². The second kappa shape index (κ2) is 8.41. The third-order valence-corrected chi connectivity index (χ3v) is 8.08. The van der Waals surface area contributed by atoms with Crippen LogP contribution in [0.15, 0.2) is 0 Å². The molecule has 18 heavy (non-hydrogen) atoms. The van der Waals surface area contributed by atoms with Crippen LogP contribution in [0.1, 0.15) is 48.5 Å². The minimum absolute atomic E-state index is 0.196. The molecule has 0 aliphatic rings. The van der Waals surface area contributed by atoms with Crippen molar-refractivity contribution in [2.24, 2.45) is 5.41 Å². The SMILES string of the molecule is [C-]#[N+]CCSP(CC(C)(C)C)N(C(C)C)C(C)C. The van der Waals surface area contributed by atoms with E-state index in [1.54, 1.807) is 0 Å². The van der Waals surface area contributed by atoms with Crippen LogP contribution in [0, 0.1) is 12.0 Å². The van der Waals surface area contributed by atoms with Gasteiger partial charge in [0.25, 0.3) is 0 Å². The molecule has 0 aliphatic carbocycles. The Hall–Kier alpha value is 0.230. The van der Waals surface area contributed by atoms with Crippen LogP contribution in [0.4, 0.5) is 0 Å². The van der Waals surface area contributed by atoms with E-state index >= 15 is 0 Å². The third-order valence-electron chi connectivity index (χ3n) is 2.37. The molecule has 0 saturated carbocycles. The summed E-state index contributed by atoms with van der Waals surface area (Å²) in [6.07, 6.45) is 1.24. The second-order valence-electron chi connectivity index (χ2n) is 6.35. The summed E-state index contributed by atoms with van der Waals surface area (Å²) in [5.74, 6) is 0.973. The molecule has 1 atom stereocenters. The van der Waals surface area contributed by atoms with Gasteiger partial charge in [0.05, 0.1) is 5.75 Å². The minimum atomic E-state index is -0.196. The molecular formula is C14H29N2PS. The van der Waals surface area contributed by atoms with Gasteiger partial charge >= 0.3 is 0 Å². The molecule has 0 spiro atoms. The van der Waals surface area contributed by atoms with Gasteiger partial charge in [0, 0.05) is 19.4 Å². The van der Waals surface area contributed by atoms with Crippen molar-refractivity contribution >= 4 is 18.7 Å². The van der Waals surface area contributed by atoms with Gasteiger partial charge in [-0.15, -0.1) is 11.4 Å². The zero-order chi connectivity index (χ0) is 14.3. The molecule has 0 radical (unpaired) electrons. The van der Waals surface area contributed by atoms with E-state index in [1.807, 2.05) is 11.4 Å². The fourth-order valence-corrected chi connectivity index (χ4v) is 8.36. The fourth-order valence-electron chi connectivity index (χ4n) is 1.90. The zero-order valence-corrected chi connectivity index (χ0v) is 14.7. The molecule has 0 rings (SSSR count). The Bertz CT molecular complexity index is 258. The normalized spacial score (nSPS) is 14.3. The summed E-state index contributed by atoms with van der Waals surface area (Å²) in [7, 11) is -0.196. The molecule has 4 heteroatoms. The Kier molecular flexibility index (Phi) is 8.52. The summed E-state index contributed by atoms with van der Waals surface area (Å²) in [6.45, 7) is 23.6. The van der Waals surface area contributed by atoms with Gasteiger partial charge in [-0.1, -0.05) is 20.8 Å². The fraction of sp³-hybridized carbons (Fsp3) is 0.929. The molecule has 0 aliphatic heterocycles. The quantitative estimate of drug-likeness (QED) is 0.365. The van der Waals surface area contributed by atoms with Crippen LogP contribution >= 0.6 is 18.7 Å². The molecule has 106 valence electrons. The highest BCUT2D eigenvalue weighted by atomic mass is 32.7. The smallest absolute Gasteiger partial charge is 0.224 e. The average Bonchev–Trinajstić information content (AvgIpc) is 2.13. The number of hydrogen-bond acceptors (Lipinski definition) is 2. The molecule has 0 N–H and O–H groups in total. The van der Waals surface area contributed by atoms with Gasteiger partial charge in [0.1, 0.15) is 0 Å². The van der Waals surface area contributed by atoms with E-state index in [0.717, 1.165) is 5.75 Å². The lowest BCUT2D eigenvalue weighted by molar-refractivity contribution is 0.321. The third kappa shape index (κ3) is 7.62. The van der Waals surface area contributed by atoms with Crippen molar-refractivity contribution in [1.29, 1.82) is 0 Å². The van der Waals surface area contributed by atoms with Gasteiger partial charge in [-0.2, -0.15) is 0 Å². The first-order valence-corrected chi connectivity index (χ1v) is 9.78. The van der Waals surface area contributed by atoms with Gasteiger partial charge in [-0.05, 0) is 39.3 Å². The Morgan fingerprint density at radius 2 is 1.67 bits per heavy atom. The maximum atomic E-state index is 6.91. The summed E-state index contributed by atoms with van der Waals surface area (Å²) in [5, 5.41) is 0. The molecule has 2 nitrogen and oxygen atoms in total. The van der Waals surface area contributed by atoms with Crippen molar-refractivity contribution in [3.8, 4) is 0 Å². The van der Waals surface area contributed by atoms with Gasteiger partial charge in [0.15, 0.2) is 0 Å². The van der Waals surface area contributed by atoms with Crippen LogP contribution in [0.25, 0.3) is 4.85 Å². The highest BCUT2D eigenvalue weighted by Crippen LogP contribution is 2.57. The highest BCUT2D eigenvalue weighted by Gasteiger charge is 2.28. The maximum Gasteiger partial charge on any atom is 0.224 e. The first-order chi connectivity index (χ1) is 8.19. The Balaban J connectivity index is 4.76. The van der Waals surface area contributed by atoms with Crippen molar-refractivity contribution in [2.45, 2.75) is 60.5 Å². The Morgan fingerprint density at radius 3 is 2.00 bits per heavy atom. The van der Waals surface area contributed by atoms with Crippen LogP contribution in [0.5, 0.6) is 0 Å². The molecule has 1 unspecified atom stereocenters. The van der Waals surface area contributed by atoms with E-state index in [9.17, 15) is 0 Å². The van der Waals surface area contributed by atoms with Crippen molar-refractivity contribution in [3.05, 3.63) is 11.4 Å². The van der Waals surface area contributed by atoms with Crippen LogP contribution in [-0.2, 0) is 0 Å². The van der Waals surface area contributed by atoms with Gasteiger partial charge < -0.3 is 4.85 Å². The minimum Gasteiger partial charge on any atom is -0.316 e. The number of hydrogen-bond donors (Lipinski definition) is 0. The number of nitrogens with zero attached hydrogens (tertiary/aromatic N) is 2. The van der Waals surface area contributed by atoms with Crippen molar-refractivity contribution in [3.63, 3.8) is 0 Å². The standard InChI is InChI=1S/C14H29N2PS/c1-12(2)16(13(3)4)17(11-14(5,6)7)18-10-9-15-8/h12-13H,9-11H2,1-7H3. The summed E-state index contributed by atoms with van der Waals surface area (Å²) in [4.78, 5) is 3.47. The van der Waals surface area contributed by atoms with Crippen molar-refractivity contribution in [2.75, 3.05) is 18.5 Å². The maximum absolute atomic E-state index is 6.91. The lowest BCUT2D eigenvalue weighted by Crippen LogP contribution is -2.33. The Morgan fingerprint density at radius 1 is 1.17 bits per heavy atom. The first-order valence-electron chi connectivity index (χ1n) is 6.71.